The van der Waals surface area contributed by atoms with Crippen LogP contribution in [0.2, 0.25) is 18.1 Å². The van der Waals surface area contributed by atoms with Gasteiger partial charge in [0.25, 0.3) is 5.91 Å². The second-order valence-corrected chi connectivity index (χ2v) is 17.7. The second kappa shape index (κ2) is 17.7. The summed E-state index contributed by atoms with van der Waals surface area (Å²) in [5.41, 5.74) is -1.47. The highest BCUT2D eigenvalue weighted by Gasteiger charge is 2.44. The summed E-state index contributed by atoms with van der Waals surface area (Å²) >= 11 is 0. The maximum absolute atomic E-state index is 15.0. The molecule has 1 saturated carbocycles. The topological polar surface area (TPSA) is 92.1 Å². The predicted octanol–water partition coefficient (Wildman–Crippen LogP) is 8.90. The minimum atomic E-state index is -4.99. The molecule has 1 aliphatic rings. The van der Waals surface area contributed by atoms with Gasteiger partial charge < -0.3 is 23.5 Å². The van der Waals surface area contributed by atoms with Crippen LogP contribution in [-0.4, -0.2) is 62.2 Å². The van der Waals surface area contributed by atoms with Gasteiger partial charge in [0.15, 0.2) is 14.0 Å². The van der Waals surface area contributed by atoms with E-state index in [0.29, 0.717) is 54.1 Å². The Balaban J connectivity index is 1.84. The average molecular weight is 754 g/mol. The van der Waals surface area contributed by atoms with Crippen molar-refractivity contribution in [1.82, 2.24) is 14.7 Å². The molecule has 1 fully saturated rings. The first-order chi connectivity index (χ1) is 24.7. The first-order valence-corrected chi connectivity index (χ1v) is 20.2. The van der Waals surface area contributed by atoms with Crippen LogP contribution in [0.15, 0.2) is 42.6 Å². The van der Waals surface area contributed by atoms with E-state index in [2.05, 4.69) is 5.10 Å². The van der Waals surface area contributed by atoms with E-state index >= 15 is 0 Å². The molecular formula is C37H48F5N3O6Si. The number of methoxy groups -OCH3 is 2. The molecule has 0 radical (unpaired) electrons. The van der Waals surface area contributed by atoms with Crippen LogP contribution in [-0.2, 0) is 26.7 Å². The minimum absolute atomic E-state index is 0.0276. The van der Waals surface area contributed by atoms with E-state index in [1.54, 1.807) is 25.1 Å². The summed E-state index contributed by atoms with van der Waals surface area (Å²) in [7, 11) is 0.418. The summed E-state index contributed by atoms with van der Waals surface area (Å²) in [6, 6.07) is 9.23. The third-order valence-electron chi connectivity index (χ3n) is 10.0. The SMILES string of the molecule is CCOC(=O)C1CCC(n2ncc(C(=O)N(Cc3cc(F)cc(F)c3)CC(O[Si](CC)(CC)CC)c3c(OC)cccc3OC)c2C(F)(F)F)CC1. The van der Waals surface area contributed by atoms with E-state index < -0.39 is 67.9 Å². The van der Waals surface area contributed by atoms with Gasteiger partial charge in [0.1, 0.15) is 23.1 Å². The summed E-state index contributed by atoms with van der Waals surface area (Å²) in [6.45, 7) is 7.17. The lowest BCUT2D eigenvalue weighted by molar-refractivity contribution is -0.151. The van der Waals surface area contributed by atoms with Gasteiger partial charge >= 0.3 is 12.1 Å². The average Bonchev–Trinajstić information content (AvgIpc) is 3.59. The lowest BCUT2D eigenvalue weighted by Crippen LogP contribution is -2.42. The summed E-state index contributed by atoms with van der Waals surface area (Å²) < 4.78 is 98.1. The Morgan fingerprint density at radius 1 is 0.942 bits per heavy atom. The number of ether oxygens (including phenoxy) is 3. The summed E-state index contributed by atoms with van der Waals surface area (Å²) in [4.78, 5) is 28.0. The van der Waals surface area contributed by atoms with Gasteiger partial charge in [0, 0.05) is 12.6 Å². The fourth-order valence-electron chi connectivity index (χ4n) is 7.09. The molecule has 9 nitrogen and oxygen atoms in total. The van der Waals surface area contributed by atoms with Crippen molar-refractivity contribution in [2.45, 2.75) is 96.4 Å². The van der Waals surface area contributed by atoms with Gasteiger partial charge in [-0.05, 0) is 80.6 Å². The molecule has 0 saturated heterocycles. The largest absolute Gasteiger partial charge is 0.496 e. The van der Waals surface area contributed by atoms with E-state index in [0.717, 1.165) is 27.9 Å². The van der Waals surface area contributed by atoms with Crippen molar-refractivity contribution >= 4 is 20.2 Å². The number of hydrogen-bond acceptors (Lipinski definition) is 7. The number of halogens is 5. The van der Waals surface area contributed by atoms with E-state index in [9.17, 15) is 31.5 Å². The Morgan fingerprint density at radius 3 is 2.02 bits per heavy atom. The van der Waals surface area contributed by atoms with E-state index in [1.165, 1.54) is 14.2 Å². The molecule has 4 rings (SSSR count). The van der Waals surface area contributed by atoms with Crippen molar-refractivity contribution < 1.29 is 50.2 Å². The van der Waals surface area contributed by atoms with Gasteiger partial charge in [-0.1, -0.05) is 26.8 Å². The molecule has 0 bridgehead atoms. The molecule has 0 aliphatic heterocycles. The zero-order chi connectivity index (χ0) is 38.2. The smallest absolute Gasteiger partial charge is 0.433 e. The van der Waals surface area contributed by atoms with Crippen LogP contribution in [0, 0.1) is 17.6 Å². The van der Waals surface area contributed by atoms with Crippen LogP contribution in [0.3, 0.4) is 0 Å². The van der Waals surface area contributed by atoms with Crippen molar-refractivity contribution in [2.24, 2.45) is 5.92 Å². The molecule has 0 N–H and O–H groups in total. The lowest BCUT2D eigenvalue weighted by atomic mass is 9.86. The molecule has 1 amide bonds. The number of aromatic nitrogens is 2. The monoisotopic (exact) mass is 753 g/mol. The fourth-order valence-corrected chi connectivity index (χ4v) is 9.89. The van der Waals surface area contributed by atoms with Crippen molar-refractivity contribution in [3.05, 3.63) is 76.6 Å². The Hall–Kier alpha value is -3.98. The third kappa shape index (κ3) is 9.32. The Kier molecular flexibility index (Phi) is 13.9. The van der Waals surface area contributed by atoms with Gasteiger partial charge in [-0.3, -0.25) is 14.3 Å². The summed E-state index contributed by atoms with van der Waals surface area (Å²) in [6.07, 6.45) is -4.01. The molecule has 1 aromatic heterocycles. The number of carbonyl (C=O) groups is 2. The normalized spacial score (nSPS) is 17.1. The number of rotatable bonds is 16. The first-order valence-electron chi connectivity index (χ1n) is 17.7. The number of benzene rings is 2. The van der Waals surface area contributed by atoms with Crippen LogP contribution < -0.4 is 9.47 Å². The molecule has 286 valence electrons. The highest BCUT2D eigenvalue weighted by Crippen LogP contribution is 2.42. The van der Waals surface area contributed by atoms with Crippen molar-refractivity contribution in [2.75, 3.05) is 27.4 Å². The van der Waals surface area contributed by atoms with Gasteiger partial charge in [-0.15, -0.1) is 0 Å². The van der Waals surface area contributed by atoms with Crippen molar-refractivity contribution in [1.29, 1.82) is 0 Å². The van der Waals surface area contributed by atoms with E-state index in [-0.39, 0.29) is 37.5 Å². The molecule has 0 spiro atoms. The van der Waals surface area contributed by atoms with Crippen molar-refractivity contribution in [3.63, 3.8) is 0 Å². The molecule has 1 aliphatic carbocycles. The molecule has 1 atom stereocenters. The Morgan fingerprint density at radius 2 is 1.52 bits per heavy atom. The number of amides is 1. The quantitative estimate of drug-likeness (QED) is 0.0820. The molecule has 1 unspecified atom stereocenters. The zero-order valence-electron chi connectivity index (χ0n) is 30.5. The fraction of sp³-hybridized carbons (Fsp3) is 0.541. The maximum atomic E-state index is 15.0. The highest BCUT2D eigenvalue weighted by atomic mass is 28.4. The number of alkyl halides is 3. The number of carbonyl (C=O) groups excluding carboxylic acids is 2. The van der Waals surface area contributed by atoms with Crippen LogP contribution in [0.5, 0.6) is 11.5 Å². The molecule has 52 heavy (non-hydrogen) atoms. The van der Waals surface area contributed by atoms with Crippen LogP contribution >= 0.6 is 0 Å². The van der Waals surface area contributed by atoms with Gasteiger partial charge in [0.05, 0.1) is 62.8 Å². The maximum Gasteiger partial charge on any atom is 0.433 e. The molecule has 2 aromatic carbocycles. The predicted molar refractivity (Wildman–Crippen MR) is 187 cm³/mol. The van der Waals surface area contributed by atoms with Gasteiger partial charge in [-0.25, -0.2) is 8.78 Å². The van der Waals surface area contributed by atoms with E-state index in [1.807, 2.05) is 20.8 Å². The number of hydrogen-bond donors (Lipinski definition) is 0. The number of esters is 1. The highest BCUT2D eigenvalue weighted by molar-refractivity contribution is 6.73. The summed E-state index contributed by atoms with van der Waals surface area (Å²) in [5.74, 6) is -2.93. The minimum Gasteiger partial charge on any atom is -0.496 e. The molecule has 1 heterocycles. The van der Waals surface area contributed by atoms with E-state index in [4.69, 9.17) is 18.6 Å². The van der Waals surface area contributed by atoms with Crippen LogP contribution in [0.25, 0.3) is 0 Å². The Labute approximate surface area is 302 Å². The Bertz CT molecular complexity index is 1620. The van der Waals surface area contributed by atoms with Crippen LogP contribution in [0.1, 0.15) is 92.7 Å². The summed E-state index contributed by atoms with van der Waals surface area (Å²) in [5, 5.41) is 4.09. The molecule has 15 heteroatoms. The van der Waals surface area contributed by atoms with Crippen molar-refractivity contribution in [3.8, 4) is 11.5 Å². The number of nitrogens with zero attached hydrogens (tertiary/aromatic N) is 3. The second-order valence-electron chi connectivity index (χ2n) is 13.0. The van der Waals surface area contributed by atoms with Gasteiger partial charge in [0.2, 0.25) is 0 Å². The molecular weight excluding hydrogens is 705 g/mol. The lowest BCUT2D eigenvalue weighted by Gasteiger charge is -2.37. The van der Waals surface area contributed by atoms with Crippen LogP contribution in [0.4, 0.5) is 22.0 Å². The van der Waals surface area contributed by atoms with Gasteiger partial charge in [-0.2, -0.15) is 18.3 Å². The standard InChI is InChI=1S/C37H48F5N3O6Si/c1-7-50-36(47)25-14-16-28(17-15-25)45-34(37(40,41)42)29(21-43-45)35(46)44(22-24-18-26(38)20-27(39)19-24)23-32(51-52(8-2,9-3)10-4)33-30(48-5)12-11-13-31(33)49-6/h11-13,18-21,25,28,32H,7-10,14-17,22-23H2,1-6H3. The third-order valence-corrected chi connectivity index (χ3v) is 14.7. The molecule has 3 aromatic rings. The first kappa shape index (κ1) is 40.8. The zero-order valence-corrected chi connectivity index (χ0v) is 31.5.